The summed E-state index contributed by atoms with van der Waals surface area (Å²) in [5.41, 5.74) is -0.0534. The predicted molar refractivity (Wildman–Crippen MR) is 133 cm³/mol. The smallest absolute Gasteiger partial charge is 0.311 e. The molecule has 0 radical (unpaired) electrons. The lowest BCUT2D eigenvalue weighted by molar-refractivity contribution is -0.385. The van der Waals surface area contributed by atoms with E-state index in [0.717, 1.165) is 29.2 Å². The van der Waals surface area contributed by atoms with Gasteiger partial charge >= 0.3 is 5.69 Å². The van der Waals surface area contributed by atoms with Crippen LogP contribution in [0.3, 0.4) is 0 Å². The predicted octanol–water partition coefficient (Wildman–Crippen LogP) is 5.16. The lowest BCUT2D eigenvalue weighted by atomic mass is 9.94. The number of aliphatic hydroxyl groups excluding tert-OH is 1. The number of aryl methyl sites for hydroxylation is 1. The topological polar surface area (TPSA) is 130 Å². The molecule has 0 bridgehead atoms. The van der Waals surface area contributed by atoms with E-state index < -0.39 is 45.7 Å². The molecule has 3 aromatic rings. The Morgan fingerprint density at radius 1 is 1.11 bits per heavy atom. The highest BCUT2D eigenvalue weighted by Crippen LogP contribution is 2.44. The number of amides is 1. The van der Waals surface area contributed by atoms with E-state index >= 15 is 0 Å². The molecule has 9 nitrogen and oxygen atoms in total. The number of ketones is 1. The molecule has 4 rings (SSSR count). The van der Waals surface area contributed by atoms with Crippen molar-refractivity contribution in [1.29, 1.82) is 0 Å². The summed E-state index contributed by atoms with van der Waals surface area (Å²) in [6.07, 6.45) is -0.0972. The van der Waals surface area contributed by atoms with E-state index in [0.29, 0.717) is 11.3 Å². The number of nitro groups is 1. The number of aliphatic hydroxyl groups is 1. The SMILES string of the molecule is Cc1cc(/C(O)=C2/C(=O)C(=O)N(c3cccc(F)c3)C2c2ccc(O)c([N+](=O)[O-])c2)ccc1OC(C)C. The van der Waals surface area contributed by atoms with Crippen LogP contribution in [-0.4, -0.2) is 32.9 Å². The number of nitrogens with zero attached hydrogens (tertiary/aromatic N) is 2. The third-order valence-electron chi connectivity index (χ3n) is 5.85. The second-order valence-electron chi connectivity index (χ2n) is 8.80. The largest absolute Gasteiger partial charge is 0.507 e. The Bertz CT molecular complexity index is 1460. The van der Waals surface area contributed by atoms with Crippen LogP contribution in [0.15, 0.2) is 66.2 Å². The molecule has 2 N–H and O–H groups in total. The zero-order valence-corrected chi connectivity index (χ0v) is 20.1. The van der Waals surface area contributed by atoms with Crippen molar-refractivity contribution in [3.63, 3.8) is 0 Å². The molecule has 1 heterocycles. The van der Waals surface area contributed by atoms with Crippen molar-refractivity contribution in [2.75, 3.05) is 4.90 Å². The van der Waals surface area contributed by atoms with Crippen molar-refractivity contribution in [1.82, 2.24) is 0 Å². The van der Waals surface area contributed by atoms with Crippen LogP contribution in [0.1, 0.15) is 36.6 Å². The van der Waals surface area contributed by atoms with Crippen molar-refractivity contribution in [2.45, 2.75) is 32.9 Å². The summed E-state index contributed by atoms with van der Waals surface area (Å²) >= 11 is 0. The van der Waals surface area contributed by atoms with Gasteiger partial charge in [-0.1, -0.05) is 12.1 Å². The number of rotatable bonds is 6. The van der Waals surface area contributed by atoms with Gasteiger partial charge in [0.05, 0.1) is 22.6 Å². The minimum Gasteiger partial charge on any atom is -0.507 e. The van der Waals surface area contributed by atoms with Gasteiger partial charge in [-0.05, 0) is 74.4 Å². The molecule has 1 saturated heterocycles. The minimum absolute atomic E-state index is 0.0127. The number of phenols is 1. The molecule has 0 aliphatic carbocycles. The van der Waals surface area contributed by atoms with Crippen LogP contribution in [0, 0.1) is 22.9 Å². The Morgan fingerprint density at radius 2 is 1.84 bits per heavy atom. The summed E-state index contributed by atoms with van der Waals surface area (Å²) < 4.78 is 19.8. The van der Waals surface area contributed by atoms with Crippen molar-refractivity contribution in [3.05, 3.63) is 98.9 Å². The average molecular weight is 506 g/mol. The normalized spacial score (nSPS) is 16.9. The van der Waals surface area contributed by atoms with Crippen LogP contribution in [0.4, 0.5) is 15.8 Å². The second-order valence-corrected chi connectivity index (χ2v) is 8.80. The van der Waals surface area contributed by atoms with Crippen LogP contribution >= 0.6 is 0 Å². The maximum absolute atomic E-state index is 14.1. The van der Waals surface area contributed by atoms with E-state index in [1.54, 1.807) is 19.1 Å². The number of phenolic OH excluding ortho intramolecular Hbond substituents is 1. The number of aromatic hydroxyl groups is 1. The Balaban J connectivity index is 1.95. The van der Waals surface area contributed by atoms with E-state index in [9.17, 15) is 34.3 Å². The molecule has 3 aromatic carbocycles. The van der Waals surface area contributed by atoms with E-state index in [1.807, 2.05) is 13.8 Å². The summed E-state index contributed by atoms with van der Waals surface area (Å²) in [5.74, 6) is -3.35. The first-order chi connectivity index (χ1) is 17.5. The summed E-state index contributed by atoms with van der Waals surface area (Å²) in [6.45, 7) is 5.47. The molecule has 1 aliphatic rings. The van der Waals surface area contributed by atoms with Gasteiger partial charge in [0, 0.05) is 17.3 Å². The van der Waals surface area contributed by atoms with Gasteiger partial charge in [0.2, 0.25) is 0 Å². The molecular weight excluding hydrogens is 483 g/mol. The molecule has 0 saturated carbocycles. The first-order valence-corrected chi connectivity index (χ1v) is 11.3. The zero-order valence-electron chi connectivity index (χ0n) is 20.1. The van der Waals surface area contributed by atoms with Crippen molar-refractivity contribution in [3.8, 4) is 11.5 Å². The molecule has 1 aliphatic heterocycles. The first kappa shape index (κ1) is 25.4. The molecule has 0 spiro atoms. The summed E-state index contributed by atoms with van der Waals surface area (Å²) in [5, 5.41) is 32.7. The Kier molecular flexibility index (Phi) is 6.67. The fourth-order valence-electron chi connectivity index (χ4n) is 4.24. The lowest BCUT2D eigenvalue weighted by Crippen LogP contribution is -2.29. The molecule has 37 heavy (non-hydrogen) atoms. The maximum Gasteiger partial charge on any atom is 0.311 e. The van der Waals surface area contributed by atoms with E-state index in [1.165, 1.54) is 24.3 Å². The molecule has 1 atom stereocenters. The molecule has 1 amide bonds. The number of anilines is 1. The van der Waals surface area contributed by atoms with Crippen LogP contribution in [-0.2, 0) is 9.59 Å². The number of hydrogen-bond acceptors (Lipinski definition) is 7. The number of halogens is 1. The Morgan fingerprint density at radius 3 is 2.46 bits per heavy atom. The minimum atomic E-state index is -1.34. The average Bonchev–Trinajstić information content (AvgIpc) is 3.10. The van der Waals surface area contributed by atoms with Gasteiger partial charge in [-0.3, -0.25) is 24.6 Å². The highest BCUT2D eigenvalue weighted by Gasteiger charge is 2.47. The van der Waals surface area contributed by atoms with Crippen molar-refractivity contribution < 1.29 is 33.9 Å². The quantitative estimate of drug-likeness (QED) is 0.155. The van der Waals surface area contributed by atoms with Gasteiger partial charge in [-0.25, -0.2) is 4.39 Å². The summed E-state index contributed by atoms with van der Waals surface area (Å²) in [4.78, 5) is 38.0. The fourth-order valence-corrected chi connectivity index (χ4v) is 4.24. The number of ether oxygens (including phenoxy) is 1. The molecular formula is C27H23FN2O7. The molecule has 1 unspecified atom stereocenters. The number of benzene rings is 3. The van der Waals surface area contributed by atoms with E-state index in [-0.39, 0.29) is 28.5 Å². The maximum atomic E-state index is 14.1. The molecule has 0 aromatic heterocycles. The van der Waals surface area contributed by atoms with Gasteiger partial charge in [-0.15, -0.1) is 0 Å². The van der Waals surface area contributed by atoms with E-state index in [4.69, 9.17) is 4.74 Å². The first-order valence-electron chi connectivity index (χ1n) is 11.3. The standard InChI is InChI=1S/C27H23FN2O7/c1-14(2)37-22-10-8-17(11-15(22)3)25(32)23-24(16-7-9-21(31)20(12-16)30(35)36)29(27(34)26(23)33)19-6-4-5-18(28)13-19/h4-14,24,31-32H,1-3H3/b25-23-. The highest BCUT2D eigenvalue weighted by atomic mass is 19.1. The second kappa shape index (κ2) is 9.73. The number of carbonyl (C=O) groups is 2. The van der Waals surface area contributed by atoms with Gasteiger partial charge in [0.25, 0.3) is 11.7 Å². The van der Waals surface area contributed by atoms with Crippen molar-refractivity contribution >= 4 is 28.8 Å². The molecule has 190 valence electrons. The lowest BCUT2D eigenvalue weighted by Gasteiger charge is -2.25. The van der Waals surface area contributed by atoms with Crippen LogP contribution < -0.4 is 9.64 Å². The van der Waals surface area contributed by atoms with Gasteiger partial charge in [0.1, 0.15) is 17.3 Å². The van der Waals surface area contributed by atoms with Gasteiger partial charge in [-0.2, -0.15) is 0 Å². The third kappa shape index (κ3) is 4.73. The summed E-state index contributed by atoms with van der Waals surface area (Å²) in [6, 6.07) is 11.7. The number of carbonyl (C=O) groups excluding carboxylic acids is 2. The van der Waals surface area contributed by atoms with Crippen LogP contribution in [0.5, 0.6) is 11.5 Å². The highest BCUT2D eigenvalue weighted by molar-refractivity contribution is 6.51. The van der Waals surface area contributed by atoms with Crippen molar-refractivity contribution in [2.24, 2.45) is 0 Å². The number of hydrogen-bond donors (Lipinski definition) is 2. The molecule has 1 fully saturated rings. The number of Topliss-reactive ketones (excluding diaryl/α,β-unsaturated/α-hetero) is 1. The Hall–Kier alpha value is -4.73. The van der Waals surface area contributed by atoms with Gasteiger partial charge < -0.3 is 14.9 Å². The van der Waals surface area contributed by atoms with E-state index in [2.05, 4.69) is 0 Å². The third-order valence-corrected chi connectivity index (χ3v) is 5.85. The Labute approximate surface area is 211 Å². The van der Waals surface area contributed by atoms with Gasteiger partial charge in [0.15, 0.2) is 5.75 Å². The molecule has 10 heteroatoms. The van der Waals surface area contributed by atoms with Crippen LogP contribution in [0.25, 0.3) is 5.76 Å². The number of nitro benzene ring substituents is 1. The summed E-state index contributed by atoms with van der Waals surface area (Å²) in [7, 11) is 0. The van der Waals surface area contributed by atoms with Crippen LogP contribution in [0.2, 0.25) is 0 Å². The zero-order chi connectivity index (χ0) is 27.0. The monoisotopic (exact) mass is 506 g/mol. The fraction of sp³-hybridized carbons (Fsp3) is 0.185.